The summed E-state index contributed by atoms with van der Waals surface area (Å²) < 4.78 is 34.8. The molecule has 0 saturated carbocycles. The number of aromatic nitrogens is 2. The highest BCUT2D eigenvalue weighted by atomic mass is 32.2. The number of anilines is 1. The molecule has 28 heavy (non-hydrogen) atoms. The molecule has 0 aliphatic carbocycles. The van der Waals surface area contributed by atoms with Gasteiger partial charge in [-0.15, -0.1) is 0 Å². The quantitative estimate of drug-likeness (QED) is 0.618. The number of benzene rings is 1. The van der Waals surface area contributed by atoms with E-state index in [2.05, 4.69) is 15.0 Å². The minimum absolute atomic E-state index is 0.0870. The zero-order valence-corrected chi connectivity index (χ0v) is 16.3. The SMILES string of the molecule is Cn1cnc(S(=O)(=O)N[C@@H]2CC[C@H](CC(=O)Nc3ccccc3)O[C@@H]2CO)c1. The van der Waals surface area contributed by atoms with E-state index in [0.29, 0.717) is 18.5 Å². The monoisotopic (exact) mass is 408 g/mol. The molecule has 1 aromatic carbocycles. The molecular weight excluding hydrogens is 384 g/mol. The van der Waals surface area contributed by atoms with Crippen LogP contribution < -0.4 is 10.0 Å². The maximum absolute atomic E-state index is 12.4. The van der Waals surface area contributed by atoms with Gasteiger partial charge in [0, 0.05) is 18.9 Å². The number of carbonyl (C=O) groups excluding carboxylic acids is 1. The molecule has 10 heteroatoms. The summed E-state index contributed by atoms with van der Waals surface area (Å²) in [6.07, 6.45) is 2.74. The lowest BCUT2D eigenvalue weighted by Gasteiger charge is -2.35. The minimum Gasteiger partial charge on any atom is -0.394 e. The first kappa shape index (κ1) is 20.5. The van der Waals surface area contributed by atoms with Crippen LogP contribution in [0.4, 0.5) is 5.69 Å². The Morgan fingerprint density at radius 1 is 1.32 bits per heavy atom. The minimum atomic E-state index is -3.82. The average Bonchev–Trinajstić information content (AvgIpc) is 3.11. The lowest BCUT2D eigenvalue weighted by molar-refractivity contribution is -0.126. The molecule has 1 aliphatic rings. The summed E-state index contributed by atoms with van der Waals surface area (Å²) in [4.78, 5) is 16.1. The normalized spacial score (nSPS) is 22.7. The Bertz CT molecular complexity index is 900. The van der Waals surface area contributed by atoms with Crippen molar-refractivity contribution in [2.75, 3.05) is 11.9 Å². The van der Waals surface area contributed by atoms with E-state index in [9.17, 15) is 18.3 Å². The number of sulfonamides is 1. The fourth-order valence-corrected chi connectivity index (χ4v) is 4.42. The van der Waals surface area contributed by atoms with E-state index >= 15 is 0 Å². The molecule has 0 radical (unpaired) electrons. The van der Waals surface area contributed by atoms with Crippen LogP contribution in [0.3, 0.4) is 0 Å². The average molecular weight is 408 g/mol. The Morgan fingerprint density at radius 2 is 2.07 bits per heavy atom. The topological polar surface area (TPSA) is 123 Å². The predicted octanol–water partition coefficient (Wildman–Crippen LogP) is 0.636. The molecule has 1 aromatic heterocycles. The standard InChI is InChI=1S/C18H24N4O5S/c1-22-10-18(19-12-22)28(25,26)21-15-8-7-14(27-16(15)11-23)9-17(24)20-13-5-3-2-4-6-13/h2-6,10,12,14-16,21,23H,7-9,11H2,1H3,(H,20,24)/t14-,15-,16-/m1/s1. The van der Waals surface area contributed by atoms with Crippen LogP contribution >= 0.6 is 0 Å². The van der Waals surface area contributed by atoms with Crippen molar-refractivity contribution in [2.24, 2.45) is 7.05 Å². The van der Waals surface area contributed by atoms with Gasteiger partial charge in [0.25, 0.3) is 10.0 Å². The summed E-state index contributed by atoms with van der Waals surface area (Å²) in [7, 11) is -2.14. The molecule has 1 aliphatic heterocycles. The van der Waals surface area contributed by atoms with Gasteiger partial charge in [0.05, 0.1) is 37.6 Å². The molecule has 3 rings (SSSR count). The number of hydrogen-bond acceptors (Lipinski definition) is 6. The highest BCUT2D eigenvalue weighted by Gasteiger charge is 2.35. The van der Waals surface area contributed by atoms with Gasteiger partial charge in [0.2, 0.25) is 5.91 Å². The van der Waals surface area contributed by atoms with Crippen LogP contribution in [-0.2, 0) is 26.6 Å². The highest BCUT2D eigenvalue weighted by molar-refractivity contribution is 7.89. The Balaban J connectivity index is 1.56. The number of rotatable bonds is 7. The number of nitrogens with one attached hydrogen (secondary N) is 2. The van der Waals surface area contributed by atoms with E-state index in [1.54, 1.807) is 19.2 Å². The number of ether oxygens (including phenoxy) is 1. The van der Waals surface area contributed by atoms with Gasteiger partial charge < -0.3 is 19.7 Å². The summed E-state index contributed by atoms with van der Waals surface area (Å²) in [5, 5.41) is 12.3. The largest absolute Gasteiger partial charge is 0.394 e. The maximum atomic E-state index is 12.4. The number of hydrogen-bond donors (Lipinski definition) is 3. The molecule has 2 heterocycles. The van der Waals surface area contributed by atoms with Gasteiger partial charge in [0.1, 0.15) is 0 Å². The second kappa shape index (κ2) is 8.82. The first-order valence-corrected chi connectivity index (χ1v) is 10.5. The first-order chi connectivity index (χ1) is 13.4. The number of imidazole rings is 1. The van der Waals surface area contributed by atoms with Crippen molar-refractivity contribution in [1.82, 2.24) is 14.3 Å². The third kappa shape index (κ3) is 5.16. The van der Waals surface area contributed by atoms with Gasteiger partial charge >= 0.3 is 0 Å². The van der Waals surface area contributed by atoms with Crippen molar-refractivity contribution in [3.05, 3.63) is 42.9 Å². The Morgan fingerprint density at radius 3 is 2.71 bits per heavy atom. The molecule has 9 nitrogen and oxygen atoms in total. The number of nitrogens with zero attached hydrogens (tertiary/aromatic N) is 2. The number of aliphatic hydroxyl groups excluding tert-OH is 1. The predicted molar refractivity (Wildman–Crippen MR) is 102 cm³/mol. The smallest absolute Gasteiger partial charge is 0.259 e. The second-order valence-corrected chi connectivity index (χ2v) is 8.44. The number of aliphatic hydroxyl groups is 1. The van der Waals surface area contributed by atoms with E-state index in [1.165, 1.54) is 17.1 Å². The molecule has 3 atom stereocenters. The molecule has 1 amide bonds. The number of aryl methyl sites for hydroxylation is 1. The van der Waals surface area contributed by atoms with Crippen molar-refractivity contribution in [3.8, 4) is 0 Å². The van der Waals surface area contributed by atoms with Crippen LogP contribution in [0.1, 0.15) is 19.3 Å². The highest BCUT2D eigenvalue weighted by Crippen LogP contribution is 2.23. The number of carbonyl (C=O) groups is 1. The van der Waals surface area contributed by atoms with Crippen LogP contribution in [-0.4, -0.2) is 53.8 Å². The third-order valence-corrected chi connectivity index (χ3v) is 5.90. The van der Waals surface area contributed by atoms with E-state index < -0.39 is 28.3 Å². The molecule has 1 fully saturated rings. The summed E-state index contributed by atoms with van der Waals surface area (Å²) in [6.45, 7) is -0.355. The maximum Gasteiger partial charge on any atom is 0.259 e. The zero-order chi connectivity index (χ0) is 20.1. The van der Waals surface area contributed by atoms with Gasteiger partial charge in [-0.1, -0.05) is 18.2 Å². The van der Waals surface area contributed by atoms with Gasteiger partial charge in [-0.3, -0.25) is 4.79 Å². The van der Waals surface area contributed by atoms with Crippen molar-refractivity contribution in [2.45, 2.75) is 42.5 Å². The zero-order valence-electron chi connectivity index (χ0n) is 15.5. The van der Waals surface area contributed by atoms with E-state index in [-0.39, 0.29) is 24.0 Å². The fraction of sp³-hybridized carbons (Fsp3) is 0.444. The Kier molecular flexibility index (Phi) is 6.45. The summed E-state index contributed by atoms with van der Waals surface area (Å²) >= 11 is 0. The van der Waals surface area contributed by atoms with Crippen molar-refractivity contribution in [1.29, 1.82) is 0 Å². The third-order valence-electron chi connectivity index (χ3n) is 4.53. The summed E-state index contributed by atoms with van der Waals surface area (Å²) in [6, 6.07) is 8.50. The molecule has 0 spiro atoms. The molecule has 1 saturated heterocycles. The molecule has 3 N–H and O–H groups in total. The lowest BCUT2D eigenvalue weighted by atomic mass is 9.98. The van der Waals surface area contributed by atoms with Crippen molar-refractivity contribution < 1.29 is 23.1 Å². The van der Waals surface area contributed by atoms with Crippen molar-refractivity contribution in [3.63, 3.8) is 0 Å². The van der Waals surface area contributed by atoms with Crippen LogP contribution in [0, 0.1) is 0 Å². The Labute approximate surface area is 163 Å². The molecular formula is C18H24N4O5S. The van der Waals surface area contributed by atoms with Crippen LogP contribution in [0.5, 0.6) is 0 Å². The Hall–Kier alpha value is -2.27. The van der Waals surface area contributed by atoms with Gasteiger partial charge in [-0.05, 0) is 25.0 Å². The van der Waals surface area contributed by atoms with Crippen LogP contribution in [0.15, 0.2) is 47.9 Å². The van der Waals surface area contributed by atoms with Gasteiger partial charge in [-0.2, -0.15) is 0 Å². The van der Waals surface area contributed by atoms with Crippen LogP contribution in [0.2, 0.25) is 0 Å². The van der Waals surface area contributed by atoms with Gasteiger partial charge in [-0.25, -0.2) is 18.1 Å². The molecule has 2 aromatic rings. The van der Waals surface area contributed by atoms with E-state index in [4.69, 9.17) is 4.74 Å². The van der Waals surface area contributed by atoms with Crippen molar-refractivity contribution >= 4 is 21.6 Å². The first-order valence-electron chi connectivity index (χ1n) is 8.99. The van der Waals surface area contributed by atoms with Crippen LogP contribution in [0.25, 0.3) is 0 Å². The fourth-order valence-electron chi connectivity index (χ4n) is 3.14. The number of para-hydroxylation sites is 1. The molecule has 0 bridgehead atoms. The second-order valence-electron chi connectivity index (χ2n) is 6.78. The van der Waals surface area contributed by atoms with E-state index in [1.807, 2.05) is 18.2 Å². The van der Waals surface area contributed by atoms with Gasteiger partial charge in [0.15, 0.2) is 5.03 Å². The number of amides is 1. The summed E-state index contributed by atoms with van der Waals surface area (Å²) in [5.74, 6) is -0.194. The molecule has 152 valence electrons. The van der Waals surface area contributed by atoms with E-state index in [0.717, 1.165) is 0 Å². The summed E-state index contributed by atoms with van der Waals surface area (Å²) in [5.41, 5.74) is 0.697. The lowest BCUT2D eigenvalue weighted by Crippen LogP contribution is -2.51. The molecule has 0 unspecified atom stereocenters.